The third-order valence-electron chi connectivity index (χ3n) is 2.44. The van der Waals surface area contributed by atoms with Crippen LogP contribution in [0.25, 0.3) is 0 Å². The molecule has 0 aliphatic carbocycles. The van der Waals surface area contributed by atoms with Gasteiger partial charge in [-0.1, -0.05) is 6.92 Å². The molecule has 0 fully saturated rings. The molecule has 0 saturated carbocycles. The lowest BCUT2D eigenvalue weighted by molar-refractivity contribution is -0.155. The number of likely N-dealkylation sites (N-methyl/N-ethyl adjacent to an activating group) is 1. The zero-order chi connectivity index (χ0) is 13.4. The highest BCUT2D eigenvalue weighted by Gasteiger charge is 2.24. The average molecular weight is 256 g/mol. The number of hydrogen-bond acceptors (Lipinski definition) is 4. The van der Waals surface area contributed by atoms with E-state index in [0.717, 1.165) is 12.1 Å². The van der Waals surface area contributed by atoms with Crippen LogP contribution in [0.2, 0.25) is 0 Å². The van der Waals surface area contributed by atoms with Gasteiger partial charge in [-0.3, -0.25) is 4.98 Å². The van der Waals surface area contributed by atoms with Crippen molar-refractivity contribution >= 4 is 0 Å². The smallest absolute Gasteiger partial charge is 0.176 e. The molecule has 1 N–H and O–H groups in total. The first-order valence-corrected chi connectivity index (χ1v) is 6.29. The molecule has 1 unspecified atom stereocenters. The summed E-state index contributed by atoms with van der Waals surface area (Å²) in [6.45, 7) is 7.59. The first-order chi connectivity index (χ1) is 8.72. The molecule has 0 spiro atoms. The van der Waals surface area contributed by atoms with Crippen LogP contribution >= 0.6 is 0 Å². The Morgan fingerprint density at radius 2 is 1.89 bits per heavy atom. The Balaban J connectivity index is 2.91. The fraction of sp³-hybridized carbons (Fsp3) is 0.615. The average Bonchev–Trinajstić information content (AvgIpc) is 2.36. The zero-order valence-corrected chi connectivity index (χ0v) is 11.1. The molecule has 1 aromatic heterocycles. The van der Waals surface area contributed by atoms with Gasteiger partial charge in [-0.15, -0.1) is 0 Å². The van der Waals surface area contributed by atoms with Crippen molar-refractivity contribution in [2.45, 2.75) is 33.1 Å². The van der Waals surface area contributed by atoms with Crippen molar-refractivity contribution in [2.75, 3.05) is 19.8 Å². The first-order valence-electron chi connectivity index (χ1n) is 6.29. The van der Waals surface area contributed by atoms with E-state index in [1.165, 1.54) is 12.3 Å². The van der Waals surface area contributed by atoms with Crippen LogP contribution in [0.5, 0.6) is 0 Å². The summed E-state index contributed by atoms with van der Waals surface area (Å²) >= 11 is 0. The van der Waals surface area contributed by atoms with Gasteiger partial charge in [-0.05, 0) is 32.0 Å². The lowest BCUT2D eigenvalue weighted by atomic mass is 10.1. The van der Waals surface area contributed by atoms with Crippen molar-refractivity contribution < 1.29 is 13.9 Å². The van der Waals surface area contributed by atoms with E-state index in [2.05, 4.69) is 10.3 Å². The fourth-order valence-corrected chi connectivity index (χ4v) is 1.76. The van der Waals surface area contributed by atoms with Gasteiger partial charge in [0.05, 0.1) is 12.2 Å². The maximum absolute atomic E-state index is 13.2. The van der Waals surface area contributed by atoms with Crippen LogP contribution in [0.15, 0.2) is 18.5 Å². The van der Waals surface area contributed by atoms with Gasteiger partial charge in [-0.25, -0.2) is 4.39 Å². The molecule has 0 aliphatic heterocycles. The van der Waals surface area contributed by atoms with Gasteiger partial charge in [0.25, 0.3) is 0 Å². The molecule has 4 nitrogen and oxygen atoms in total. The quantitative estimate of drug-likeness (QED) is 0.725. The number of nitrogens with zero attached hydrogens (tertiary/aromatic N) is 1. The molecule has 0 aliphatic rings. The number of aromatic nitrogens is 1. The van der Waals surface area contributed by atoms with Crippen molar-refractivity contribution in [3.8, 4) is 0 Å². The molecule has 102 valence electrons. The lowest BCUT2D eigenvalue weighted by Crippen LogP contribution is -2.36. The molecule has 0 amide bonds. The Morgan fingerprint density at radius 1 is 1.22 bits per heavy atom. The Bertz CT molecular complexity index is 344. The standard InChI is InChI=1S/C13H21FN2O2/c1-4-16-12(13(17-5-2)18-6-3)10-7-11(14)9-15-8-10/h7-9,12-13,16H,4-6H2,1-3H3. The molecule has 0 saturated heterocycles. The highest BCUT2D eigenvalue weighted by atomic mass is 19.1. The summed E-state index contributed by atoms with van der Waals surface area (Å²) in [5.41, 5.74) is 0.726. The minimum atomic E-state index is -0.441. The number of halogens is 1. The first kappa shape index (κ1) is 15.0. The molecule has 1 rings (SSSR count). The van der Waals surface area contributed by atoms with E-state index < -0.39 is 6.29 Å². The second-order valence-corrected chi connectivity index (χ2v) is 3.75. The SMILES string of the molecule is CCNC(c1cncc(F)c1)C(OCC)OCC. The highest BCUT2D eigenvalue weighted by Crippen LogP contribution is 2.20. The summed E-state index contributed by atoms with van der Waals surface area (Å²) in [7, 11) is 0. The minimum Gasteiger partial charge on any atom is -0.351 e. The summed E-state index contributed by atoms with van der Waals surface area (Å²) in [5, 5.41) is 3.24. The Kier molecular flexibility index (Phi) is 6.78. The summed E-state index contributed by atoms with van der Waals surface area (Å²) in [4.78, 5) is 3.86. The van der Waals surface area contributed by atoms with E-state index in [1.54, 1.807) is 6.20 Å². The Hall–Kier alpha value is -1.04. The number of ether oxygens (including phenoxy) is 2. The molecule has 1 heterocycles. The van der Waals surface area contributed by atoms with Gasteiger partial charge >= 0.3 is 0 Å². The molecule has 18 heavy (non-hydrogen) atoms. The van der Waals surface area contributed by atoms with Crippen molar-refractivity contribution in [3.05, 3.63) is 29.8 Å². The van der Waals surface area contributed by atoms with E-state index >= 15 is 0 Å². The van der Waals surface area contributed by atoms with E-state index in [-0.39, 0.29) is 11.9 Å². The van der Waals surface area contributed by atoms with Gasteiger partial charge in [-0.2, -0.15) is 0 Å². The van der Waals surface area contributed by atoms with Crippen LogP contribution in [-0.4, -0.2) is 31.0 Å². The summed E-state index contributed by atoms with van der Waals surface area (Å²) in [6.07, 6.45) is 2.37. The van der Waals surface area contributed by atoms with E-state index in [1.807, 2.05) is 20.8 Å². The van der Waals surface area contributed by atoms with Crippen LogP contribution in [0.4, 0.5) is 4.39 Å². The van der Waals surface area contributed by atoms with Crippen LogP contribution in [0.1, 0.15) is 32.4 Å². The van der Waals surface area contributed by atoms with Gasteiger partial charge in [0.1, 0.15) is 5.82 Å². The second-order valence-electron chi connectivity index (χ2n) is 3.75. The summed E-state index contributed by atoms with van der Waals surface area (Å²) in [5.74, 6) is -0.359. The van der Waals surface area contributed by atoms with Crippen molar-refractivity contribution in [1.82, 2.24) is 10.3 Å². The molecular formula is C13H21FN2O2. The van der Waals surface area contributed by atoms with Gasteiger partial charge in [0, 0.05) is 19.4 Å². The third kappa shape index (κ3) is 4.33. The topological polar surface area (TPSA) is 43.4 Å². The van der Waals surface area contributed by atoms with E-state index in [9.17, 15) is 4.39 Å². The van der Waals surface area contributed by atoms with E-state index in [0.29, 0.717) is 13.2 Å². The normalized spacial score (nSPS) is 12.9. The molecule has 0 aromatic carbocycles. The third-order valence-corrected chi connectivity index (χ3v) is 2.44. The number of nitrogens with one attached hydrogen (secondary N) is 1. The molecule has 1 aromatic rings. The maximum Gasteiger partial charge on any atom is 0.176 e. The number of rotatable bonds is 8. The summed E-state index contributed by atoms with van der Waals surface area (Å²) in [6, 6.07) is 1.23. The monoisotopic (exact) mass is 256 g/mol. The largest absolute Gasteiger partial charge is 0.351 e. The summed E-state index contributed by atoms with van der Waals surface area (Å²) < 4.78 is 24.3. The number of hydrogen-bond donors (Lipinski definition) is 1. The maximum atomic E-state index is 13.2. The predicted octanol–water partition coefficient (Wildman–Crippen LogP) is 2.27. The Labute approximate surface area is 108 Å². The van der Waals surface area contributed by atoms with Crippen LogP contribution in [-0.2, 0) is 9.47 Å². The minimum absolute atomic E-state index is 0.224. The lowest BCUT2D eigenvalue weighted by Gasteiger charge is -2.27. The van der Waals surface area contributed by atoms with Gasteiger partial charge in [0.2, 0.25) is 0 Å². The zero-order valence-electron chi connectivity index (χ0n) is 11.1. The van der Waals surface area contributed by atoms with Crippen molar-refractivity contribution in [2.24, 2.45) is 0 Å². The van der Waals surface area contributed by atoms with Crippen molar-refractivity contribution in [3.63, 3.8) is 0 Å². The molecule has 0 bridgehead atoms. The highest BCUT2D eigenvalue weighted by molar-refractivity contribution is 5.16. The van der Waals surface area contributed by atoms with Gasteiger partial charge < -0.3 is 14.8 Å². The molecule has 0 radical (unpaired) electrons. The van der Waals surface area contributed by atoms with Gasteiger partial charge in [0.15, 0.2) is 6.29 Å². The van der Waals surface area contributed by atoms with Crippen LogP contribution in [0.3, 0.4) is 0 Å². The van der Waals surface area contributed by atoms with Crippen LogP contribution < -0.4 is 5.32 Å². The molecule has 1 atom stereocenters. The predicted molar refractivity (Wildman–Crippen MR) is 67.7 cm³/mol. The molecular weight excluding hydrogens is 235 g/mol. The van der Waals surface area contributed by atoms with Crippen molar-refractivity contribution in [1.29, 1.82) is 0 Å². The number of pyridine rings is 1. The van der Waals surface area contributed by atoms with E-state index in [4.69, 9.17) is 9.47 Å². The Morgan fingerprint density at radius 3 is 2.39 bits per heavy atom. The second kappa shape index (κ2) is 8.13. The molecule has 5 heteroatoms. The fourth-order valence-electron chi connectivity index (χ4n) is 1.76. The van der Waals surface area contributed by atoms with Crippen LogP contribution in [0, 0.1) is 5.82 Å².